The second-order valence-corrected chi connectivity index (χ2v) is 19.4. The van der Waals surface area contributed by atoms with Gasteiger partial charge in [0.25, 0.3) is 0 Å². The zero-order valence-corrected chi connectivity index (χ0v) is 36.1. The summed E-state index contributed by atoms with van der Waals surface area (Å²) in [6, 6.07) is 4.13. The Morgan fingerprint density at radius 2 is 1.80 bits per heavy atom. The summed E-state index contributed by atoms with van der Waals surface area (Å²) in [7, 11) is -2.92. The SMILES string of the molecule is C=C[C@@H]1C[C@]1(CC(=O)[C@@H]1C[C@@H](Oc2cc(OCC)nc3c(Br)c(OC)ccc23)CN1C(=O)[C@@H](CC(=O)OC(C)(C)C)C(C)(C)C)C(=O)NS(=O)(=O)OC1(C)CC1. The monoisotopic (exact) mass is 863 g/mol. The van der Waals surface area contributed by atoms with Crippen LogP contribution in [0.15, 0.2) is 35.3 Å². The van der Waals surface area contributed by atoms with E-state index >= 15 is 0 Å². The van der Waals surface area contributed by atoms with Gasteiger partial charge in [0, 0.05) is 24.3 Å². The lowest BCUT2D eigenvalue weighted by Crippen LogP contribution is -2.49. The van der Waals surface area contributed by atoms with Crippen molar-refractivity contribution in [2.45, 2.75) is 117 Å². The first kappa shape index (κ1) is 43.4. The van der Waals surface area contributed by atoms with E-state index < -0.39 is 79.9 Å². The molecule has 2 aliphatic carbocycles. The van der Waals surface area contributed by atoms with Gasteiger partial charge in [-0.3, -0.25) is 19.2 Å². The Morgan fingerprint density at radius 3 is 2.36 bits per heavy atom. The van der Waals surface area contributed by atoms with Crippen molar-refractivity contribution in [3.63, 3.8) is 0 Å². The smallest absolute Gasteiger partial charge is 0.362 e. The predicted molar refractivity (Wildman–Crippen MR) is 211 cm³/mol. The predicted octanol–water partition coefficient (Wildman–Crippen LogP) is 6.23. The van der Waals surface area contributed by atoms with Gasteiger partial charge in [0.2, 0.25) is 17.7 Å². The summed E-state index contributed by atoms with van der Waals surface area (Å²) in [5.41, 5.74) is -3.27. The molecule has 5 atom stereocenters. The summed E-state index contributed by atoms with van der Waals surface area (Å²) in [4.78, 5) is 62.2. The molecule has 1 aromatic carbocycles. The van der Waals surface area contributed by atoms with Crippen molar-refractivity contribution in [3.05, 3.63) is 35.3 Å². The molecule has 14 nitrogen and oxygen atoms in total. The van der Waals surface area contributed by atoms with Crippen LogP contribution in [-0.2, 0) is 38.4 Å². The average molecular weight is 865 g/mol. The largest absolute Gasteiger partial charge is 0.495 e. The summed E-state index contributed by atoms with van der Waals surface area (Å²) in [6.45, 7) is 18.3. The maximum atomic E-state index is 14.7. The maximum Gasteiger partial charge on any atom is 0.362 e. The van der Waals surface area contributed by atoms with Crippen LogP contribution in [0.5, 0.6) is 17.4 Å². The van der Waals surface area contributed by atoms with E-state index in [4.69, 9.17) is 23.1 Å². The van der Waals surface area contributed by atoms with Crippen LogP contribution in [0.3, 0.4) is 0 Å². The Labute approximate surface area is 337 Å². The highest BCUT2D eigenvalue weighted by atomic mass is 79.9. The number of allylic oxidation sites excluding steroid dienone is 1. The molecule has 2 amide bonds. The highest BCUT2D eigenvalue weighted by Gasteiger charge is 2.61. The molecular weight excluding hydrogens is 810 g/mol. The Kier molecular flexibility index (Phi) is 12.3. The minimum atomic E-state index is -4.46. The molecule has 3 aliphatic rings. The molecule has 0 spiro atoms. The first-order valence-corrected chi connectivity index (χ1v) is 21.1. The summed E-state index contributed by atoms with van der Waals surface area (Å²) in [6.07, 6.45) is 1.52. The Hall–Kier alpha value is -3.76. The number of benzene rings is 1. The highest BCUT2D eigenvalue weighted by Crippen LogP contribution is 2.57. The molecule has 56 heavy (non-hydrogen) atoms. The van der Waals surface area contributed by atoms with E-state index in [2.05, 4.69) is 27.5 Å². The molecule has 1 N–H and O–H groups in total. The fourth-order valence-corrected chi connectivity index (χ4v) is 8.93. The molecule has 308 valence electrons. The van der Waals surface area contributed by atoms with Gasteiger partial charge in [0.15, 0.2) is 5.78 Å². The minimum absolute atomic E-state index is 0.0217. The molecule has 5 rings (SSSR count). The standard InChI is InChI=1S/C40H54BrN3O11S/c1-11-23-20-40(23,36(48)43-56(49,50)55-39(9)15-16-39)21-28(45)27-17-24(22-44(27)35(47)26(37(3,4)5)18-32(46)54-38(6,7)8)53-30-19-31(52-12-2)42-34-25(30)13-14-29(51-10)33(34)41/h11,13-14,19,23-24,26-27H,1,12,15-18,20-22H2,2-10H3,(H,43,48)/t23-,24-,26-,27+,40-/m1/s1. The number of nitrogens with one attached hydrogen (secondary N) is 1. The molecule has 2 aromatic rings. The zero-order valence-electron chi connectivity index (χ0n) is 33.7. The number of Topliss-reactive ketones (excluding diaryl/α,β-unsaturated/α-hetero) is 1. The molecule has 0 radical (unpaired) electrons. The number of aromatic nitrogens is 1. The lowest BCUT2D eigenvalue weighted by Gasteiger charge is -2.35. The third kappa shape index (κ3) is 9.84. The number of halogens is 1. The summed E-state index contributed by atoms with van der Waals surface area (Å²) >= 11 is 3.58. The number of esters is 1. The highest BCUT2D eigenvalue weighted by molar-refractivity contribution is 9.10. The van der Waals surface area contributed by atoms with Crippen molar-refractivity contribution in [2.24, 2.45) is 22.7 Å². The second-order valence-electron chi connectivity index (χ2n) is 17.3. The number of ether oxygens (including phenoxy) is 4. The number of likely N-dealkylation sites (tertiary alicyclic amines) is 1. The van der Waals surface area contributed by atoms with Gasteiger partial charge in [-0.05, 0) is 93.3 Å². The van der Waals surface area contributed by atoms with E-state index in [-0.39, 0.29) is 32.2 Å². The van der Waals surface area contributed by atoms with Crippen molar-refractivity contribution in [1.29, 1.82) is 0 Å². The van der Waals surface area contributed by atoms with Crippen LogP contribution in [0.4, 0.5) is 0 Å². The quantitative estimate of drug-likeness (QED) is 0.149. The van der Waals surface area contributed by atoms with Gasteiger partial charge in [-0.15, -0.1) is 6.58 Å². The van der Waals surface area contributed by atoms with Gasteiger partial charge in [-0.25, -0.2) is 13.9 Å². The summed E-state index contributed by atoms with van der Waals surface area (Å²) in [5, 5.41) is 0.622. The van der Waals surface area contributed by atoms with Crippen molar-refractivity contribution in [2.75, 3.05) is 20.3 Å². The van der Waals surface area contributed by atoms with Crippen molar-refractivity contribution < 1.29 is 50.7 Å². The molecule has 3 fully saturated rings. The van der Waals surface area contributed by atoms with E-state index in [1.807, 2.05) is 32.4 Å². The molecular formula is C40H54BrN3O11S. The van der Waals surface area contributed by atoms with Gasteiger partial charge >= 0.3 is 16.3 Å². The third-order valence-electron chi connectivity index (χ3n) is 10.5. The third-order valence-corrected chi connectivity index (χ3v) is 12.3. The molecule has 1 aromatic heterocycles. The zero-order chi connectivity index (χ0) is 41.6. The number of rotatable bonds is 16. The number of methoxy groups -OCH3 is 1. The van der Waals surface area contributed by atoms with Crippen LogP contribution in [0.25, 0.3) is 10.9 Å². The lowest BCUT2D eigenvalue weighted by atomic mass is 9.77. The molecule has 0 bridgehead atoms. The Morgan fingerprint density at radius 1 is 1.12 bits per heavy atom. The Balaban J connectivity index is 1.49. The topological polar surface area (TPSA) is 177 Å². The van der Waals surface area contributed by atoms with Gasteiger partial charge in [0.05, 0.1) is 59.6 Å². The van der Waals surface area contributed by atoms with Gasteiger partial charge in [-0.1, -0.05) is 26.8 Å². The van der Waals surface area contributed by atoms with Crippen molar-refractivity contribution in [3.8, 4) is 17.4 Å². The normalized spacial score (nSPS) is 23.5. The van der Waals surface area contributed by atoms with E-state index in [1.165, 1.54) is 11.0 Å². The van der Waals surface area contributed by atoms with E-state index in [0.717, 1.165) is 0 Å². The molecule has 2 heterocycles. The van der Waals surface area contributed by atoms with Gasteiger partial charge < -0.3 is 23.8 Å². The minimum Gasteiger partial charge on any atom is -0.495 e. The van der Waals surface area contributed by atoms with Gasteiger partial charge in [0.1, 0.15) is 23.2 Å². The number of ketones is 1. The Bertz CT molecular complexity index is 2000. The van der Waals surface area contributed by atoms with Crippen LogP contribution in [0.1, 0.15) is 93.9 Å². The molecule has 2 saturated carbocycles. The van der Waals surface area contributed by atoms with E-state index in [9.17, 15) is 27.6 Å². The van der Waals surface area contributed by atoms with Crippen LogP contribution in [0, 0.1) is 22.7 Å². The van der Waals surface area contributed by atoms with Crippen molar-refractivity contribution >= 4 is 60.7 Å². The fourth-order valence-electron chi connectivity index (χ4n) is 7.16. The lowest BCUT2D eigenvalue weighted by molar-refractivity contribution is -0.161. The number of amides is 2. The number of hydrogen-bond donors (Lipinski definition) is 1. The van der Waals surface area contributed by atoms with E-state index in [0.29, 0.717) is 52.2 Å². The number of pyridine rings is 1. The molecule has 0 unspecified atom stereocenters. The number of nitrogens with zero attached hydrogens (tertiary/aromatic N) is 2. The summed E-state index contributed by atoms with van der Waals surface area (Å²) in [5.74, 6) is -2.46. The number of carbonyl (C=O) groups is 4. The first-order chi connectivity index (χ1) is 25.9. The number of hydrogen-bond acceptors (Lipinski definition) is 12. The molecule has 16 heteroatoms. The summed E-state index contributed by atoms with van der Waals surface area (Å²) < 4.78 is 57.0. The van der Waals surface area contributed by atoms with E-state index in [1.54, 1.807) is 53.0 Å². The van der Waals surface area contributed by atoms with Crippen molar-refractivity contribution in [1.82, 2.24) is 14.6 Å². The molecule has 1 saturated heterocycles. The average Bonchev–Trinajstić information content (AvgIpc) is 3.94. The maximum absolute atomic E-state index is 14.7. The second kappa shape index (κ2) is 15.9. The number of fused-ring (bicyclic) bond motifs is 1. The van der Waals surface area contributed by atoms with Crippen LogP contribution < -0.4 is 18.9 Å². The molecule has 1 aliphatic heterocycles. The first-order valence-electron chi connectivity index (χ1n) is 18.9. The van der Waals surface area contributed by atoms with Crippen LogP contribution in [-0.4, -0.2) is 85.5 Å². The van der Waals surface area contributed by atoms with Crippen LogP contribution in [0.2, 0.25) is 0 Å². The van der Waals surface area contributed by atoms with Crippen LogP contribution >= 0.6 is 15.9 Å². The number of carbonyl (C=O) groups excluding carboxylic acids is 4. The fraction of sp³-hybridized carbons (Fsp3) is 0.625. The van der Waals surface area contributed by atoms with Gasteiger partial charge in [-0.2, -0.15) is 8.42 Å².